The van der Waals surface area contributed by atoms with Crippen molar-refractivity contribution in [2.45, 2.75) is 77.4 Å². The maximum atomic E-state index is 13.1. The number of hydrogen-bond donors (Lipinski definition) is 0. The molecular weight excluding hydrogens is 496 g/mol. The molecule has 1 aromatic carbocycles. The number of morpholine rings is 1. The third-order valence-electron chi connectivity index (χ3n) is 6.60. The maximum Gasteiger partial charge on any atom is 0.410 e. The summed E-state index contributed by atoms with van der Waals surface area (Å²) in [6.45, 7) is 9.11. The molecule has 2 saturated heterocycles. The summed E-state index contributed by atoms with van der Waals surface area (Å²) in [4.78, 5) is 32.1. The topological polar surface area (TPSA) is 87.3 Å². The first-order valence-corrected chi connectivity index (χ1v) is 13.2. The van der Waals surface area contributed by atoms with Gasteiger partial charge in [-0.3, -0.25) is 13.8 Å². The highest BCUT2D eigenvalue weighted by atomic mass is 35.5. The average molecular weight is 529 g/mol. The number of nitrogens with zero attached hydrogens (tertiary/aromatic N) is 4. The van der Waals surface area contributed by atoms with Crippen molar-refractivity contribution in [3.63, 3.8) is 0 Å². The molecule has 2 fully saturated rings. The number of halogens is 1. The Hall–Kier alpha value is -3.04. The average Bonchev–Trinajstić information content (AvgIpc) is 3.30. The predicted octanol–water partition coefficient (Wildman–Crippen LogP) is 4.77. The zero-order valence-electron chi connectivity index (χ0n) is 21.6. The van der Waals surface area contributed by atoms with Gasteiger partial charge in [-0.25, -0.2) is 9.78 Å². The Bertz CT molecular complexity index is 1330. The highest BCUT2D eigenvalue weighted by Gasteiger charge is 2.52. The van der Waals surface area contributed by atoms with Crippen LogP contribution in [-0.2, 0) is 16.0 Å². The number of aryl methyl sites for hydroxylation is 1. The van der Waals surface area contributed by atoms with Crippen LogP contribution >= 0.6 is 11.6 Å². The van der Waals surface area contributed by atoms with Gasteiger partial charge in [0.25, 0.3) is 5.56 Å². The van der Waals surface area contributed by atoms with Gasteiger partial charge in [-0.2, -0.15) is 0 Å². The Labute approximate surface area is 220 Å². The lowest BCUT2D eigenvalue weighted by molar-refractivity contribution is -0.248. The SMILES string of the molecule is CCCCCn1c(O[C@H]2[C@@H]3CN(C(=O)OC(C)(C)C)C[C@H]2O3)cc(=O)n2cc(-c3ccc(Cl)cc3)nc12. The Morgan fingerprint density at radius 1 is 1.16 bits per heavy atom. The third kappa shape index (κ3) is 5.33. The number of fused-ring (bicyclic) bond motifs is 3. The van der Waals surface area contributed by atoms with Crippen LogP contribution < -0.4 is 10.3 Å². The number of aromatic nitrogens is 3. The van der Waals surface area contributed by atoms with Crippen molar-refractivity contribution in [1.82, 2.24) is 18.9 Å². The molecule has 0 N–H and O–H groups in total. The zero-order chi connectivity index (χ0) is 26.3. The third-order valence-corrected chi connectivity index (χ3v) is 6.85. The van der Waals surface area contributed by atoms with Crippen molar-refractivity contribution in [2.75, 3.05) is 13.1 Å². The molecule has 198 valence electrons. The number of likely N-dealkylation sites (tertiary alicyclic amines) is 1. The molecule has 37 heavy (non-hydrogen) atoms. The summed E-state index contributed by atoms with van der Waals surface area (Å²) in [5.41, 5.74) is 0.783. The number of imidazole rings is 1. The number of carbonyl (C=O) groups excluding carboxylic acids is 1. The molecule has 2 bridgehead atoms. The number of benzene rings is 1. The van der Waals surface area contributed by atoms with Crippen LogP contribution in [0.25, 0.3) is 17.0 Å². The van der Waals surface area contributed by atoms with Gasteiger partial charge in [0, 0.05) is 23.3 Å². The molecule has 1 amide bonds. The van der Waals surface area contributed by atoms with E-state index in [0.29, 0.717) is 42.0 Å². The second-order valence-corrected chi connectivity index (χ2v) is 11.1. The summed E-state index contributed by atoms with van der Waals surface area (Å²) in [6, 6.07) is 8.90. The summed E-state index contributed by atoms with van der Waals surface area (Å²) >= 11 is 6.05. The zero-order valence-corrected chi connectivity index (χ0v) is 22.4. The Morgan fingerprint density at radius 2 is 1.86 bits per heavy atom. The normalized spacial score (nSPS) is 21.1. The van der Waals surface area contributed by atoms with Crippen LogP contribution in [0.5, 0.6) is 5.88 Å². The minimum Gasteiger partial charge on any atom is -0.470 e. The van der Waals surface area contributed by atoms with Crippen LogP contribution in [-0.4, -0.2) is 61.9 Å². The predicted molar refractivity (Wildman–Crippen MR) is 140 cm³/mol. The molecule has 2 aliphatic heterocycles. The van der Waals surface area contributed by atoms with Crippen LogP contribution in [0.1, 0.15) is 47.0 Å². The lowest BCUT2D eigenvalue weighted by Gasteiger charge is -2.52. The van der Waals surface area contributed by atoms with E-state index in [-0.39, 0.29) is 30.0 Å². The fraction of sp³-hybridized carbons (Fsp3) is 0.519. The van der Waals surface area contributed by atoms with E-state index in [1.54, 1.807) is 27.6 Å². The molecule has 0 saturated carbocycles. The summed E-state index contributed by atoms with van der Waals surface area (Å²) < 4.78 is 21.4. The quantitative estimate of drug-likeness (QED) is 0.410. The largest absolute Gasteiger partial charge is 0.470 e. The molecule has 10 heteroatoms. The lowest BCUT2D eigenvalue weighted by atomic mass is 9.95. The van der Waals surface area contributed by atoms with Crippen molar-refractivity contribution in [3.05, 3.63) is 51.9 Å². The van der Waals surface area contributed by atoms with Gasteiger partial charge in [0.2, 0.25) is 11.7 Å². The molecule has 9 nitrogen and oxygen atoms in total. The molecule has 0 unspecified atom stereocenters. The van der Waals surface area contributed by atoms with E-state index in [0.717, 1.165) is 24.8 Å². The molecule has 5 rings (SSSR count). The molecule has 3 atom stereocenters. The van der Waals surface area contributed by atoms with Gasteiger partial charge >= 0.3 is 6.09 Å². The van der Waals surface area contributed by atoms with Crippen molar-refractivity contribution >= 4 is 23.5 Å². The summed E-state index contributed by atoms with van der Waals surface area (Å²) in [6.07, 6.45) is 3.61. The van der Waals surface area contributed by atoms with E-state index in [1.165, 1.54) is 6.07 Å². The Balaban J connectivity index is 1.41. The van der Waals surface area contributed by atoms with Gasteiger partial charge in [-0.15, -0.1) is 0 Å². The first kappa shape index (κ1) is 25.6. The minimum atomic E-state index is -0.561. The first-order valence-electron chi connectivity index (χ1n) is 12.8. The Kier molecular flexibility index (Phi) is 6.93. The smallest absolute Gasteiger partial charge is 0.410 e. The van der Waals surface area contributed by atoms with E-state index in [9.17, 15) is 9.59 Å². The molecule has 3 aromatic rings. The van der Waals surface area contributed by atoms with Gasteiger partial charge < -0.3 is 19.1 Å². The molecule has 0 spiro atoms. The van der Waals surface area contributed by atoms with Crippen LogP contribution in [0.4, 0.5) is 4.79 Å². The number of carbonyl (C=O) groups is 1. The molecule has 0 radical (unpaired) electrons. The fourth-order valence-electron chi connectivity index (χ4n) is 4.76. The van der Waals surface area contributed by atoms with Crippen molar-refractivity contribution in [3.8, 4) is 17.1 Å². The highest BCUT2D eigenvalue weighted by molar-refractivity contribution is 6.30. The van der Waals surface area contributed by atoms with Gasteiger partial charge in [-0.05, 0) is 39.3 Å². The molecular formula is C27H33ClN4O5. The second-order valence-electron chi connectivity index (χ2n) is 10.7. The number of amides is 1. The first-order chi connectivity index (χ1) is 17.6. The second kappa shape index (κ2) is 10.0. The van der Waals surface area contributed by atoms with E-state index in [1.807, 2.05) is 37.5 Å². The van der Waals surface area contributed by atoms with Crippen molar-refractivity contribution in [2.24, 2.45) is 0 Å². The number of piperidine rings is 1. The standard InChI is InChI=1S/C27H33ClN4O5/c1-5-6-7-12-31-23(36-24-20-15-30(16-21(24)35-20)26(34)37-27(2,3)4)13-22(33)32-14-19(29-25(31)32)17-8-10-18(28)11-9-17/h8-11,13-14,20-21,24H,5-7,12,15-16H2,1-4H3/t20-,21+,24-. The van der Waals surface area contributed by atoms with Crippen LogP contribution in [0.2, 0.25) is 5.02 Å². The monoisotopic (exact) mass is 528 g/mol. The highest BCUT2D eigenvalue weighted by Crippen LogP contribution is 2.33. The van der Waals surface area contributed by atoms with E-state index in [2.05, 4.69) is 6.92 Å². The summed E-state index contributed by atoms with van der Waals surface area (Å²) in [5, 5.41) is 0.640. The lowest BCUT2D eigenvalue weighted by Crippen LogP contribution is -2.70. The Morgan fingerprint density at radius 3 is 2.51 bits per heavy atom. The summed E-state index contributed by atoms with van der Waals surface area (Å²) in [5.74, 6) is 1.00. The fourth-order valence-corrected chi connectivity index (χ4v) is 4.89. The minimum absolute atomic E-state index is 0.217. The van der Waals surface area contributed by atoms with Crippen LogP contribution in [0, 0.1) is 0 Å². The van der Waals surface area contributed by atoms with E-state index < -0.39 is 5.60 Å². The van der Waals surface area contributed by atoms with E-state index >= 15 is 0 Å². The van der Waals surface area contributed by atoms with Gasteiger partial charge in [-0.1, -0.05) is 43.5 Å². The number of unbranched alkanes of at least 4 members (excludes halogenated alkanes) is 2. The van der Waals surface area contributed by atoms with E-state index in [4.69, 9.17) is 30.8 Å². The number of rotatable bonds is 7. The molecule has 2 aliphatic rings. The van der Waals surface area contributed by atoms with Crippen molar-refractivity contribution in [1.29, 1.82) is 0 Å². The van der Waals surface area contributed by atoms with Crippen molar-refractivity contribution < 1.29 is 19.0 Å². The molecule has 0 aliphatic carbocycles. The van der Waals surface area contributed by atoms with Crippen LogP contribution in [0.15, 0.2) is 41.3 Å². The molecule has 4 heterocycles. The van der Waals surface area contributed by atoms with Crippen LogP contribution in [0.3, 0.4) is 0 Å². The number of hydrogen-bond acceptors (Lipinski definition) is 6. The molecule has 2 aromatic heterocycles. The number of ether oxygens (including phenoxy) is 3. The van der Waals surface area contributed by atoms with Gasteiger partial charge in [0.15, 0.2) is 6.10 Å². The maximum absolute atomic E-state index is 13.1. The van der Waals surface area contributed by atoms with Gasteiger partial charge in [0.05, 0.1) is 24.8 Å². The summed E-state index contributed by atoms with van der Waals surface area (Å²) in [7, 11) is 0. The van der Waals surface area contributed by atoms with Gasteiger partial charge in [0.1, 0.15) is 17.8 Å².